The van der Waals surface area contributed by atoms with Crippen LogP contribution in [0.15, 0.2) is 24.8 Å². The molecule has 0 radical (unpaired) electrons. The summed E-state index contributed by atoms with van der Waals surface area (Å²) in [5.74, 6) is 1.48. The Labute approximate surface area is 100 Å². The molecule has 0 saturated heterocycles. The van der Waals surface area contributed by atoms with Gasteiger partial charge in [-0.25, -0.2) is 0 Å². The van der Waals surface area contributed by atoms with Crippen molar-refractivity contribution in [3.63, 3.8) is 0 Å². The third-order valence-corrected chi connectivity index (χ3v) is 4.37. The Kier molecular flexibility index (Phi) is 4.01. The maximum absolute atomic E-state index is 10.2. The first kappa shape index (κ1) is 13.5. The molecule has 0 bridgehead atoms. The molecule has 4 atom stereocenters. The van der Waals surface area contributed by atoms with Crippen LogP contribution in [0.5, 0.6) is 0 Å². The highest BCUT2D eigenvalue weighted by Gasteiger charge is 2.43. The molecule has 0 aromatic heterocycles. The summed E-state index contributed by atoms with van der Waals surface area (Å²) in [6, 6.07) is 0. The predicted octanol–water partition coefficient (Wildman–Crippen LogP) is 3.80. The average molecular weight is 222 g/mol. The number of hydrogen-bond acceptors (Lipinski definition) is 1. The molecule has 92 valence electrons. The van der Waals surface area contributed by atoms with Gasteiger partial charge in [-0.2, -0.15) is 0 Å². The number of hydrogen-bond donors (Lipinski definition) is 1. The minimum absolute atomic E-state index is 0.0690. The van der Waals surface area contributed by atoms with E-state index in [-0.39, 0.29) is 17.4 Å². The number of aliphatic hydroxyl groups is 1. The Morgan fingerprint density at radius 1 is 1.50 bits per heavy atom. The molecule has 1 aliphatic carbocycles. The standard InChI is InChI=1S/C15H26O/c1-7-15(6)9-14(16)12(10(2)3)8-13(15)11(4)5/h7,11-14,16H,1-2,8-9H2,3-6H3. The Balaban J connectivity index is 2.95. The van der Waals surface area contributed by atoms with Gasteiger partial charge < -0.3 is 5.11 Å². The molecule has 1 fully saturated rings. The Morgan fingerprint density at radius 2 is 2.06 bits per heavy atom. The molecule has 4 unspecified atom stereocenters. The van der Waals surface area contributed by atoms with Gasteiger partial charge in [-0.1, -0.05) is 39.0 Å². The lowest BCUT2D eigenvalue weighted by Crippen LogP contribution is -2.43. The lowest BCUT2D eigenvalue weighted by molar-refractivity contribution is -0.0113. The zero-order valence-corrected chi connectivity index (χ0v) is 11.2. The maximum atomic E-state index is 10.2. The van der Waals surface area contributed by atoms with Crippen LogP contribution in [0.1, 0.15) is 40.5 Å². The molecular weight excluding hydrogens is 196 g/mol. The van der Waals surface area contributed by atoms with Gasteiger partial charge in [0.2, 0.25) is 0 Å². The van der Waals surface area contributed by atoms with E-state index in [4.69, 9.17) is 0 Å². The first-order valence-corrected chi connectivity index (χ1v) is 6.29. The Hall–Kier alpha value is -0.560. The Morgan fingerprint density at radius 3 is 2.44 bits per heavy atom. The summed E-state index contributed by atoms with van der Waals surface area (Å²) >= 11 is 0. The highest BCUT2D eigenvalue weighted by atomic mass is 16.3. The van der Waals surface area contributed by atoms with Crippen molar-refractivity contribution in [3.05, 3.63) is 24.8 Å². The van der Waals surface area contributed by atoms with Crippen molar-refractivity contribution in [2.75, 3.05) is 0 Å². The number of rotatable bonds is 3. The van der Waals surface area contributed by atoms with Crippen LogP contribution in [0.25, 0.3) is 0 Å². The van der Waals surface area contributed by atoms with Gasteiger partial charge in [0.1, 0.15) is 0 Å². The molecule has 1 aliphatic rings. The van der Waals surface area contributed by atoms with Crippen LogP contribution in [-0.2, 0) is 0 Å². The fourth-order valence-electron chi connectivity index (χ4n) is 3.24. The fraction of sp³-hybridized carbons (Fsp3) is 0.733. The first-order chi connectivity index (χ1) is 7.31. The van der Waals surface area contributed by atoms with Crippen molar-refractivity contribution in [3.8, 4) is 0 Å². The van der Waals surface area contributed by atoms with Gasteiger partial charge in [0, 0.05) is 5.92 Å². The van der Waals surface area contributed by atoms with E-state index < -0.39 is 0 Å². The van der Waals surface area contributed by atoms with E-state index in [0.717, 1.165) is 18.4 Å². The molecule has 0 aromatic carbocycles. The van der Waals surface area contributed by atoms with Gasteiger partial charge in [0.05, 0.1) is 6.10 Å². The number of aliphatic hydroxyl groups excluding tert-OH is 1. The lowest BCUT2D eigenvalue weighted by atomic mass is 9.59. The molecule has 1 rings (SSSR count). The van der Waals surface area contributed by atoms with E-state index in [2.05, 4.69) is 33.9 Å². The molecule has 1 N–H and O–H groups in total. The minimum atomic E-state index is -0.254. The topological polar surface area (TPSA) is 20.2 Å². The summed E-state index contributed by atoms with van der Waals surface area (Å²) in [6.45, 7) is 16.8. The van der Waals surface area contributed by atoms with Gasteiger partial charge >= 0.3 is 0 Å². The normalized spacial score (nSPS) is 39.8. The van der Waals surface area contributed by atoms with Gasteiger partial charge in [-0.3, -0.25) is 0 Å². The minimum Gasteiger partial charge on any atom is -0.392 e. The van der Waals surface area contributed by atoms with Crippen molar-refractivity contribution < 1.29 is 5.11 Å². The highest BCUT2D eigenvalue weighted by Crippen LogP contribution is 2.49. The smallest absolute Gasteiger partial charge is 0.0613 e. The van der Waals surface area contributed by atoms with Crippen molar-refractivity contribution >= 4 is 0 Å². The second-order valence-electron chi connectivity index (χ2n) is 6.02. The van der Waals surface area contributed by atoms with Crippen LogP contribution in [0.4, 0.5) is 0 Å². The SMILES string of the molecule is C=CC1(C)CC(O)C(C(=C)C)CC1C(C)C. The quantitative estimate of drug-likeness (QED) is 0.720. The molecule has 0 aliphatic heterocycles. The van der Waals surface area contributed by atoms with Crippen LogP contribution in [0.2, 0.25) is 0 Å². The van der Waals surface area contributed by atoms with E-state index in [9.17, 15) is 5.11 Å². The van der Waals surface area contributed by atoms with E-state index in [1.807, 2.05) is 13.0 Å². The zero-order chi connectivity index (χ0) is 12.5. The average Bonchev–Trinajstić information content (AvgIpc) is 2.16. The molecule has 1 nitrogen and oxygen atoms in total. The summed E-state index contributed by atoms with van der Waals surface area (Å²) in [5, 5.41) is 10.2. The second kappa shape index (κ2) is 4.75. The lowest BCUT2D eigenvalue weighted by Gasteiger charge is -2.47. The van der Waals surface area contributed by atoms with Crippen LogP contribution >= 0.6 is 0 Å². The molecule has 0 aromatic rings. The third kappa shape index (κ3) is 2.40. The molecule has 1 saturated carbocycles. The van der Waals surface area contributed by atoms with E-state index in [1.54, 1.807) is 0 Å². The van der Waals surface area contributed by atoms with E-state index in [1.165, 1.54) is 0 Å². The molecule has 0 spiro atoms. The number of allylic oxidation sites excluding steroid dienone is 1. The summed E-state index contributed by atoms with van der Waals surface area (Å²) < 4.78 is 0. The summed E-state index contributed by atoms with van der Waals surface area (Å²) in [4.78, 5) is 0. The van der Waals surface area contributed by atoms with Crippen LogP contribution in [0.3, 0.4) is 0 Å². The van der Waals surface area contributed by atoms with E-state index in [0.29, 0.717) is 11.8 Å². The van der Waals surface area contributed by atoms with Gasteiger partial charge in [0.25, 0.3) is 0 Å². The monoisotopic (exact) mass is 222 g/mol. The van der Waals surface area contributed by atoms with Crippen molar-refractivity contribution in [2.24, 2.45) is 23.2 Å². The predicted molar refractivity (Wildman–Crippen MR) is 70.2 cm³/mol. The summed E-state index contributed by atoms with van der Waals surface area (Å²) in [5.41, 5.74) is 1.18. The fourth-order valence-corrected chi connectivity index (χ4v) is 3.24. The van der Waals surface area contributed by atoms with Crippen LogP contribution in [0, 0.1) is 23.2 Å². The Bertz CT molecular complexity index is 279. The van der Waals surface area contributed by atoms with Crippen LogP contribution in [-0.4, -0.2) is 11.2 Å². The van der Waals surface area contributed by atoms with Gasteiger partial charge in [-0.05, 0) is 37.0 Å². The van der Waals surface area contributed by atoms with Gasteiger partial charge in [-0.15, -0.1) is 6.58 Å². The summed E-state index contributed by atoms with van der Waals surface area (Å²) in [6.07, 6.45) is 3.64. The molecular formula is C15H26O. The van der Waals surface area contributed by atoms with Crippen molar-refractivity contribution in [2.45, 2.75) is 46.6 Å². The molecule has 0 amide bonds. The van der Waals surface area contributed by atoms with Crippen molar-refractivity contribution in [1.82, 2.24) is 0 Å². The van der Waals surface area contributed by atoms with E-state index >= 15 is 0 Å². The largest absolute Gasteiger partial charge is 0.392 e. The summed E-state index contributed by atoms with van der Waals surface area (Å²) in [7, 11) is 0. The molecule has 0 heterocycles. The second-order valence-corrected chi connectivity index (χ2v) is 6.02. The maximum Gasteiger partial charge on any atom is 0.0613 e. The molecule has 1 heteroatoms. The molecule has 16 heavy (non-hydrogen) atoms. The zero-order valence-electron chi connectivity index (χ0n) is 11.2. The highest BCUT2D eigenvalue weighted by molar-refractivity contribution is 5.10. The van der Waals surface area contributed by atoms with Crippen LogP contribution < -0.4 is 0 Å². The first-order valence-electron chi connectivity index (χ1n) is 6.29. The van der Waals surface area contributed by atoms with Crippen molar-refractivity contribution in [1.29, 1.82) is 0 Å². The van der Waals surface area contributed by atoms with Gasteiger partial charge in [0.15, 0.2) is 0 Å². The third-order valence-electron chi connectivity index (χ3n) is 4.37.